The number of aliphatic carboxylic acids is 1. The van der Waals surface area contributed by atoms with E-state index in [9.17, 15) is 18.7 Å². The molecule has 0 spiro atoms. The van der Waals surface area contributed by atoms with Crippen LogP contribution in [0.3, 0.4) is 0 Å². The summed E-state index contributed by atoms with van der Waals surface area (Å²) in [5.74, 6) is 3.59. The van der Waals surface area contributed by atoms with Gasteiger partial charge in [-0.25, -0.2) is 13.2 Å². The number of aromatic nitrogens is 1. The zero-order valence-corrected chi connectivity index (χ0v) is 21.7. The minimum Gasteiger partial charge on any atom is -0.497 e. The van der Waals surface area contributed by atoms with Gasteiger partial charge in [0, 0.05) is 22.7 Å². The van der Waals surface area contributed by atoms with E-state index >= 15 is 4.39 Å². The first-order valence-corrected chi connectivity index (χ1v) is 12.7. The second kappa shape index (κ2) is 12.1. The van der Waals surface area contributed by atoms with Gasteiger partial charge >= 0.3 is 5.97 Å². The number of alkyl halides is 1. The molecule has 38 heavy (non-hydrogen) atoms. The molecular weight excluding hydrogens is 517 g/mol. The molecule has 1 aliphatic rings. The zero-order valence-electron chi connectivity index (χ0n) is 20.9. The Morgan fingerprint density at radius 1 is 1.21 bits per heavy atom. The lowest BCUT2D eigenvalue weighted by Gasteiger charge is -2.41. The molecule has 0 radical (unpaired) electrons. The van der Waals surface area contributed by atoms with Crippen molar-refractivity contribution in [1.82, 2.24) is 9.88 Å². The molecule has 0 amide bonds. The maximum absolute atomic E-state index is 15.7. The average Bonchev–Trinajstić information content (AvgIpc) is 2.90. The smallest absolute Gasteiger partial charge is 0.303 e. The number of hydrogen-bond donors (Lipinski definition) is 1. The largest absolute Gasteiger partial charge is 0.497 e. The Balaban J connectivity index is 1.42. The number of methoxy groups -OCH3 is 1. The highest BCUT2D eigenvalue weighted by molar-refractivity contribution is 6.32. The maximum atomic E-state index is 15.7. The summed E-state index contributed by atoms with van der Waals surface area (Å²) in [4.78, 5) is 18.1. The predicted octanol–water partition coefficient (Wildman–Crippen LogP) is 6.57. The number of carbonyl (C=O) groups is 1. The maximum Gasteiger partial charge on any atom is 0.303 e. The van der Waals surface area contributed by atoms with Gasteiger partial charge in [-0.1, -0.05) is 23.4 Å². The summed E-state index contributed by atoms with van der Waals surface area (Å²) in [6, 6.07) is 8.72. The Morgan fingerprint density at radius 2 is 1.97 bits per heavy atom. The summed E-state index contributed by atoms with van der Waals surface area (Å²) in [5, 5.41) is 10.4. The number of piperidine rings is 1. The molecule has 0 unspecified atom stereocenters. The van der Waals surface area contributed by atoms with Crippen molar-refractivity contribution in [2.75, 3.05) is 26.7 Å². The molecule has 200 valence electrons. The van der Waals surface area contributed by atoms with Gasteiger partial charge in [-0.15, -0.1) is 0 Å². The second-order valence-corrected chi connectivity index (χ2v) is 10.1. The van der Waals surface area contributed by atoms with Gasteiger partial charge < -0.3 is 9.84 Å². The number of likely N-dealkylation sites (tertiary alicyclic amines) is 1. The van der Waals surface area contributed by atoms with E-state index in [0.717, 1.165) is 12.1 Å². The van der Waals surface area contributed by atoms with Crippen molar-refractivity contribution in [3.63, 3.8) is 0 Å². The highest BCUT2D eigenvalue weighted by Gasteiger charge is 2.37. The lowest BCUT2D eigenvalue weighted by Crippen LogP contribution is -2.41. The molecule has 3 aromatic rings. The predicted molar refractivity (Wildman–Crippen MR) is 140 cm³/mol. The molecule has 2 heterocycles. The van der Waals surface area contributed by atoms with Crippen molar-refractivity contribution in [2.45, 2.75) is 38.3 Å². The Kier molecular flexibility index (Phi) is 8.80. The van der Waals surface area contributed by atoms with Gasteiger partial charge in [-0.3, -0.25) is 14.7 Å². The van der Waals surface area contributed by atoms with Crippen LogP contribution in [0.1, 0.15) is 49.4 Å². The van der Waals surface area contributed by atoms with E-state index < -0.39 is 29.2 Å². The van der Waals surface area contributed by atoms with E-state index in [1.54, 1.807) is 18.2 Å². The monoisotopic (exact) mass is 544 g/mol. The molecule has 0 saturated carbocycles. The summed E-state index contributed by atoms with van der Waals surface area (Å²) >= 11 is 6.37. The minimum absolute atomic E-state index is 0.0489. The van der Waals surface area contributed by atoms with E-state index in [0.29, 0.717) is 66.7 Å². The average molecular weight is 545 g/mol. The number of benzene rings is 2. The molecule has 1 N–H and O–H groups in total. The van der Waals surface area contributed by atoms with Gasteiger partial charge in [-0.2, -0.15) is 0 Å². The number of rotatable bonds is 8. The third kappa shape index (κ3) is 6.58. The van der Waals surface area contributed by atoms with Gasteiger partial charge in [0.15, 0.2) is 11.6 Å². The van der Waals surface area contributed by atoms with Gasteiger partial charge in [0.1, 0.15) is 11.9 Å². The molecule has 1 saturated heterocycles. The van der Waals surface area contributed by atoms with Gasteiger partial charge in [0.05, 0.1) is 30.6 Å². The second-order valence-electron chi connectivity index (χ2n) is 9.69. The Labute approximate surface area is 224 Å². The van der Waals surface area contributed by atoms with Crippen LogP contribution in [0, 0.1) is 28.9 Å². The number of ether oxygens (including phenoxy) is 1. The number of pyridine rings is 1. The number of fused-ring (bicyclic) bond motifs is 1. The van der Waals surface area contributed by atoms with Crippen LogP contribution in [-0.4, -0.2) is 47.7 Å². The van der Waals surface area contributed by atoms with E-state index in [4.69, 9.17) is 16.3 Å². The van der Waals surface area contributed by atoms with Crippen LogP contribution in [0.5, 0.6) is 5.75 Å². The standard InChI is InChI=1S/C29H28ClF3N2O3/c1-38-20-5-7-26-21(16-20)28(22(30)18-34-26)24(32)8-9-29(17-27(36)37)10-13-35(14-11-29)12-2-3-19-4-6-23(31)25(33)15-19/h4-7,15-16,18,24H,8-14,17H2,1H3,(H,36,37)/t24-/m0/s1. The number of hydrogen-bond acceptors (Lipinski definition) is 4. The molecule has 1 atom stereocenters. The molecule has 2 aromatic carbocycles. The zero-order chi connectivity index (χ0) is 27.3. The van der Waals surface area contributed by atoms with Crippen molar-refractivity contribution in [1.29, 1.82) is 0 Å². The van der Waals surface area contributed by atoms with E-state index in [2.05, 4.69) is 21.7 Å². The van der Waals surface area contributed by atoms with Crippen LogP contribution in [0.15, 0.2) is 42.6 Å². The van der Waals surface area contributed by atoms with Crippen molar-refractivity contribution in [3.8, 4) is 17.6 Å². The first-order chi connectivity index (χ1) is 18.2. The van der Waals surface area contributed by atoms with Crippen molar-refractivity contribution in [2.24, 2.45) is 5.41 Å². The van der Waals surface area contributed by atoms with Crippen LogP contribution < -0.4 is 4.74 Å². The Morgan fingerprint density at radius 3 is 2.66 bits per heavy atom. The fraction of sp³-hybridized carbons (Fsp3) is 0.379. The van der Waals surface area contributed by atoms with Crippen LogP contribution in [0.25, 0.3) is 10.9 Å². The summed E-state index contributed by atoms with van der Waals surface area (Å²) in [6.45, 7) is 1.62. The van der Waals surface area contributed by atoms with Gasteiger partial charge in [0.2, 0.25) is 0 Å². The molecule has 5 nitrogen and oxygen atoms in total. The molecule has 1 fully saturated rings. The molecule has 0 aliphatic carbocycles. The minimum atomic E-state index is -1.40. The molecule has 0 bridgehead atoms. The molecule has 1 aromatic heterocycles. The van der Waals surface area contributed by atoms with Crippen LogP contribution in [-0.2, 0) is 4.79 Å². The number of nitrogens with zero attached hydrogens (tertiary/aromatic N) is 2. The quantitative estimate of drug-likeness (QED) is 0.325. The Hall–Kier alpha value is -3.28. The number of carboxylic acids is 1. The summed E-state index contributed by atoms with van der Waals surface area (Å²) in [6.07, 6.45) is 1.66. The number of halogens is 4. The highest BCUT2D eigenvalue weighted by Crippen LogP contribution is 2.44. The van der Waals surface area contributed by atoms with Crippen molar-refractivity contribution in [3.05, 3.63) is 70.4 Å². The molecular formula is C29H28ClF3N2O3. The number of carboxylic acid groups (broad SMARTS) is 1. The highest BCUT2D eigenvalue weighted by atomic mass is 35.5. The fourth-order valence-electron chi connectivity index (χ4n) is 5.04. The Bertz CT molecular complexity index is 1380. The van der Waals surface area contributed by atoms with Crippen LogP contribution in [0.4, 0.5) is 13.2 Å². The lowest BCUT2D eigenvalue weighted by atomic mass is 9.71. The summed E-state index contributed by atoms with van der Waals surface area (Å²) in [7, 11) is 1.53. The fourth-order valence-corrected chi connectivity index (χ4v) is 5.31. The van der Waals surface area contributed by atoms with Gasteiger partial charge in [0.25, 0.3) is 0 Å². The normalized spacial score (nSPS) is 16.0. The summed E-state index contributed by atoms with van der Waals surface area (Å²) in [5.41, 5.74) is 0.777. The van der Waals surface area contributed by atoms with E-state index in [1.807, 2.05) is 0 Å². The topological polar surface area (TPSA) is 62.7 Å². The van der Waals surface area contributed by atoms with Gasteiger partial charge in [-0.05, 0) is 80.6 Å². The third-order valence-electron chi connectivity index (χ3n) is 7.21. The lowest BCUT2D eigenvalue weighted by molar-refractivity contribution is -0.141. The van der Waals surface area contributed by atoms with Crippen LogP contribution >= 0.6 is 11.6 Å². The van der Waals surface area contributed by atoms with Crippen molar-refractivity contribution >= 4 is 28.5 Å². The molecule has 1 aliphatic heterocycles. The third-order valence-corrected chi connectivity index (χ3v) is 7.51. The van der Waals surface area contributed by atoms with Crippen LogP contribution in [0.2, 0.25) is 5.02 Å². The van der Waals surface area contributed by atoms with Crippen molar-refractivity contribution < 1.29 is 27.8 Å². The van der Waals surface area contributed by atoms with E-state index in [-0.39, 0.29) is 17.9 Å². The molecule has 4 rings (SSSR count). The SMILES string of the molecule is COc1ccc2ncc(Cl)c([C@@H](F)CCC3(CC(=O)O)CCN(CC#Cc4ccc(F)c(F)c4)CC3)c2c1. The summed E-state index contributed by atoms with van der Waals surface area (Å²) < 4.78 is 47.5. The first-order valence-electron chi connectivity index (χ1n) is 12.3. The van der Waals surface area contributed by atoms with E-state index in [1.165, 1.54) is 19.4 Å². The first kappa shape index (κ1) is 27.7. The molecule has 9 heteroatoms.